The van der Waals surface area contributed by atoms with Gasteiger partial charge in [0.25, 0.3) is 0 Å². The molecular formula is C31H49N5O8. The summed E-state index contributed by atoms with van der Waals surface area (Å²) in [5.41, 5.74) is 3.40. The van der Waals surface area contributed by atoms with E-state index in [0.717, 1.165) is 22.9 Å². The minimum Gasteiger partial charge on any atom is -0.379 e. The molecule has 0 unspecified atom stereocenters. The maximum absolute atomic E-state index is 13.3. The summed E-state index contributed by atoms with van der Waals surface area (Å²) in [7, 11) is 0. The molecule has 0 bridgehead atoms. The van der Waals surface area contributed by atoms with Gasteiger partial charge in [0.15, 0.2) is 0 Å². The SMILES string of the molecule is CC(=O)NCCCOCCOCCOCCCNC(=O)[C@H](Cc1c[nH]c2ccccc12)NC(=O)[C@@H](CC(=O)NO)CC(C)C. The number of aromatic amines is 1. The Morgan fingerprint density at radius 2 is 1.48 bits per heavy atom. The number of ether oxygens (including phenoxy) is 3. The highest BCUT2D eigenvalue weighted by Crippen LogP contribution is 2.20. The van der Waals surface area contributed by atoms with Crippen molar-refractivity contribution in [3.63, 3.8) is 0 Å². The molecule has 0 saturated heterocycles. The summed E-state index contributed by atoms with van der Waals surface area (Å²) < 4.78 is 16.5. The average molecular weight is 620 g/mol. The number of rotatable bonds is 23. The number of aromatic nitrogens is 1. The van der Waals surface area contributed by atoms with Crippen molar-refractivity contribution < 1.29 is 38.6 Å². The van der Waals surface area contributed by atoms with E-state index in [-0.39, 0.29) is 30.6 Å². The number of hydroxylamine groups is 1. The number of fused-ring (bicyclic) bond motifs is 1. The van der Waals surface area contributed by atoms with E-state index in [1.165, 1.54) is 6.92 Å². The Balaban J connectivity index is 1.78. The lowest BCUT2D eigenvalue weighted by molar-refractivity contribution is -0.136. The molecule has 2 aromatic rings. The van der Waals surface area contributed by atoms with E-state index in [4.69, 9.17) is 19.4 Å². The summed E-state index contributed by atoms with van der Waals surface area (Å²) in [6, 6.07) is 6.86. The van der Waals surface area contributed by atoms with E-state index in [0.29, 0.717) is 65.6 Å². The normalized spacial score (nSPS) is 12.6. The number of carbonyl (C=O) groups excluding carboxylic acids is 4. The second-order valence-electron chi connectivity index (χ2n) is 11.0. The van der Waals surface area contributed by atoms with Crippen LogP contribution in [0.1, 0.15) is 52.0 Å². The third kappa shape index (κ3) is 14.8. The van der Waals surface area contributed by atoms with Gasteiger partial charge in [-0.1, -0.05) is 32.0 Å². The lowest BCUT2D eigenvalue weighted by Crippen LogP contribution is -2.50. The molecule has 0 radical (unpaired) electrons. The molecule has 0 aliphatic rings. The monoisotopic (exact) mass is 619 g/mol. The molecule has 0 aliphatic heterocycles. The van der Waals surface area contributed by atoms with Crippen LogP contribution in [0.5, 0.6) is 0 Å². The maximum atomic E-state index is 13.3. The van der Waals surface area contributed by atoms with Crippen LogP contribution in [0.25, 0.3) is 10.9 Å². The Morgan fingerprint density at radius 1 is 0.864 bits per heavy atom. The van der Waals surface area contributed by atoms with Crippen molar-refractivity contribution in [3.8, 4) is 0 Å². The first kappa shape index (κ1) is 36.7. The molecule has 0 spiro atoms. The first-order valence-corrected chi connectivity index (χ1v) is 15.2. The topological polar surface area (TPSA) is 180 Å². The highest BCUT2D eigenvalue weighted by Gasteiger charge is 2.28. The maximum Gasteiger partial charge on any atom is 0.244 e. The summed E-state index contributed by atoms with van der Waals surface area (Å²) in [5.74, 6) is -2.02. The fraction of sp³-hybridized carbons (Fsp3) is 0.613. The van der Waals surface area contributed by atoms with Crippen LogP contribution in [0.15, 0.2) is 30.5 Å². The standard InChI is InChI=1S/C31H49N5O8/c1-22(2)18-24(20-29(38)36-41)30(39)35-28(19-25-21-34-27-9-5-4-8-26(25)27)31(40)33-11-7-13-43-15-17-44-16-14-42-12-6-10-32-23(3)37/h4-5,8-9,21-22,24,28,34,41H,6-7,10-20H2,1-3H3,(H,32,37)(H,33,40)(H,35,39)(H,36,38)/t24-,28+/m1/s1. The van der Waals surface area contributed by atoms with Crippen molar-refractivity contribution in [3.05, 3.63) is 36.0 Å². The predicted molar refractivity (Wildman–Crippen MR) is 165 cm³/mol. The van der Waals surface area contributed by atoms with Crippen molar-refractivity contribution in [1.82, 2.24) is 26.4 Å². The highest BCUT2D eigenvalue weighted by molar-refractivity contribution is 5.91. The Bertz CT molecular complexity index is 1160. The van der Waals surface area contributed by atoms with E-state index < -0.39 is 23.8 Å². The van der Waals surface area contributed by atoms with Crippen LogP contribution in [0.4, 0.5) is 0 Å². The number of H-pyrrole nitrogens is 1. The summed E-state index contributed by atoms with van der Waals surface area (Å²) >= 11 is 0. The van der Waals surface area contributed by atoms with Crippen LogP contribution in [0.3, 0.4) is 0 Å². The molecule has 2 rings (SSSR count). The summed E-state index contributed by atoms with van der Waals surface area (Å²) in [4.78, 5) is 52.4. The number of benzene rings is 1. The van der Waals surface area contributed by atoms with Gasteiger partial charge >= 0.3 is 0 Å². The molecule has 246 valence electrons. The smallest absolute Gasteiger partial charge is 0.244 e. The van der Waals surface area contributed by atoms with Crippen LogP contribution >= 0.6 is 0 Å². The van der Waals surface area contributed by atoms with Gasteiger partial charge in [0.05, 0.1) is 26.4 Å². The lowest BCUT2D eigenvalue weighted by atomic mass is 9.92. The van der Waals surface area contributed by atoms with Crippen molar-refractivity contribution in [1.29, 1.82) is 0 Å². The van der Waals surface area contributed by atoms with Crippen LogP contribution in [-0.2, 0) is 39.8 Å². The molecule has 6 N–H and O–H groups in total. The molecule has 44 heavy (non-hydrogen) atoms. The van der Waals surface area contributed by atoms with Crippen molar-refractivity contribution in [2.45, 2.75) is 58.9 Å². The zero-order chi connectivity index (χ0) is 32.2. The molecule has 1 aromatic heterocycles. The molecule has 1 heterocycles. The second-order valence-corrected chi connectivity index (χ2v) is 11.0. The van der Waals surface area contributed by atoms with Crippen molar-refractivity contribution >= 4 is 34.5 Å². The van der Waals surface area contributed by atoms with Crippen LogP contribution < -0.4 is 21.4 Å². The van der Waals surface area contributed by atoms with Crippen molar-refractivity contribution in [2.24, 2.45) is 11.8 Å². The fourth-order valence-corrected chi connectivity index (χ4v) is 4.63. The van der Waals surface area contributed by atoms with Crippen molar-refractivity contribution in [2.75, 3.05) is 52.7 Å². The van der Waals surface area contributed by atoms with E-state index in [1.54, 1.807) is 5.48 Å². The zero-order valence-corrected chi connectivity index (χ0v) is 26.1. The molecule has 2 atom stereocenters. The first-order valence-electron chi connectivity index (χ1n) is 15.2. The fourth-order valence-electron chi connectivity index (χ4n) is 4.63. The van der Waals surface area contributed by atoms with Crippen LogP contribution in [0, 0.1) is 11.8 Å². The molecule has 0 fully saturated rings. The molecular weight excluding hydrogens is 570 g/mol. The molecule has 13 nitrogen and oxygen atoms in total. The van der Waals surface area contributed by atoms with Crippen LogP contribution in [-0.4, -0.2) is 92.6 Å². The number of hydrogen-bond donors (Lipinski definition) is 6. The van der Waals surface area contributed by atoms with Gasteiger partial charge in [-0.05, 0) is 36.8 Å². The van der Waals surface area contributed by atoms with E-state index >= 15 is 0 Å². The Kier molecular flexibility index (Phi) is 17.7. The van der Waals surface area contributed by atoms with Gasteiger partial charge in [0, 0.05) is 69.1 Å². The van der Waals surface area contributed by atoms with Gasteiger partial charge in [0.1, 0.15) is 6.04 Å². The van der Waals surface area contributed by atoms with Crippen LogP contribution in [0.2, 0.25) is 0 Å². The lowest BCUT2D eigenvalue weighted by Gasteiger charge is -2.23. The third-order valence-corrected chi connectivity index (χ3v) is 6.76. The number of nitrogens with one attached hydrogen (secondary N) is 5. The van der Waals surface area contributed by atoms with E-state index in [2.05, 4.69) is 20.9 Å². The number of hydrogen-bond acceptors (Lipinski definition) is 8. The van der Waals surface area contributed by atoms with Gasteiger partial charge in [-0.2, -0.15) is 0 Å². The summed E-state index contributed by atoms with van der Waals surface area (Å²) in [6.07, 6.45) is 3.65. The Labute approximate surface area is 259 Å². The summed E-state index contributed by atoms with van der Waals surface area (Å²) in [6.45, 7) is 9.04. The number of carbonyl (C=O) groups is 4. The third-order valence-electron chi connectivity index (χ3n) is 6.76. The van der Waals surface area contributed by atoms with Gasteiger partial charge < -0.3 is 35.1 Å². The van der Waals surface area contributed by atoms with E-state index in [1.807, 2.05) is 44.3 Å². The molecule has 13 heteroatoms. The van der Waals surface area contributed by atoms with Gasteiger partial charge in [-0.25, -0.2) is 5.48 Å². The molecule has 0 saturated carbocycles. The minimum atomic E-state index is -0.865. The number of amides is 4. The van der Waals surface area contributed by atoms with Gasteiger partial charge in [0.2, 0.25) is 23.6 Å². The molecule has 1 aromatic carbocycles. The molecule has 0 aliphatic carbocycles. The predicted octanol–water partition coefficient (Wildman–Crippen LogP) is 1.84. The number of para-hydroxylation sites is 1. The van der Waals surface area contributed by atoms with Gasteiger partial charge in [-0.3, -0.25) is 24.4 Å². The van der Waals surface area contributed by atoms with E-state index in [9.17, 15) is 19.2 Å². The Hall–Kier alpha value is -3.52. The first-order chi connectivity index (χ1) is 21.2. The quantitative estimate of drug-likeness (QED) is 0.0619. The zero-order valence-electron chi connectivity index (χ0n) is 26.1. The Morgan fingerprint density at radius 3 is 2.09 bits per heavy atom. The molecule has 4 amide bonds. The average Bonchev–Trinajstić information content (AvgIpc) is 3.40. The minimum absolute atomic E-state index is 0.0518. The largest absolute Gasteiger partial charge is 0.379 e. The van der Waals surface area contributed by atoms with Gasteiger partial charge in [-0.15, -0.1) is 0 Å². The second kappa shape index (κ2) is 21.2. The highest BCUT2D eigenvalue weighted by atomic mass is 16.5. The summed E-state index contributed by atoms with van der Waals surface area (Å²) in [5, 5.41) is 18.4.